The molecule has 0 heterocycles. The second-order valence-electron chi connectivity index (χ2n) is 6.68. The number of hydrogen-bond acceptors (Lipinski definition) is 3. The van der Waals surface area contributed by atoms with E-state index in [0.717, 1.165) is 25.0 Å². The molecule has 0 spiro atoms. The normalized spacial score (nSPS) is 25.1. The van der Waals surface area contributed by atoms with Gasteiger partial charge in [-0.1, -0.05) is 6.07 Å². The van der Waals surface area contributed by atoms with Crippen molar-refractivity contribution in [2.24, 2.45) is 0 Å². The Hall–Kier alpha value is -1.53. The highest BCUT2D eigenvalue weighted by Crippen LogP contribution is 2.34. The molecule has 1 aliphatic carbocycles. The molecule has 1 aromatic carbocycles. The van der Waals surface area contributed by atoms with Crippen molar-refractivity contribution in [2.75, 3.05) is 0 Å². The highest BCUT2D eigenvalue weighted by Gasteiger charge is 2.41. The zero-order valence-corrected chi connectivity index (χ0v) is 13.8. The maximum absolute atomic E-state index is 9.52. The molecule has 0 aromatic heterocycles. The molecule has 3 nitrogen and oxygen atoms in total. The average molecular weight is 286 g/mol. The lowest BCUT2D eigenvalue weighted by Gasteiger charge is -2.25. The van der Waals surface area contributed by atoms with Crippen LogP contribution in [0.2, 0.25) is 0 Å². The van der Waals surface area contributed by atoms with Crippen molar-refractivity contribution in [3.8, 4) is 11.8 Å². The van der Waals surface area contributed by atoms with Crippen molar-refractivity contribution in [1.29, 1.82) is 5.26 Å². The molecule has 0 amide bonds. The highest BCUT2D eigenvalue weighted by molar-refractivity contribution is 5.42. The Labute approximate surface area is 128 Å². The second kappa shape index (κ2) is 6.07. The number of nitrogens with one attached hydrogen (secondary N) is 1. The molecule has 0 saturated heterocycles. The van der Waals surface area contributed by atoms with Crippen molar-refractivity contribution < 1.29 is 4.74 Å². The van der Waals surface area contributed by atoms with Gasteiger partial charge in [-0.2, -0.15) is 5.26 Å². The predicted octanol–water partition coefficient (Wildman–Crippen LogP) is 3.80. The molecule has 2 atom stereocenters. The van der Waals surface area contributed by atoms with Crippen LogP contribution in [0.15, 0.2) is 12.1 Å². The first kappa shape index (κ1) is 15.9. The smallest absolute Gasteiger partial charge is 0.123 e. The number of ether oxygens (including phenoxy) is 1. The third kappa shape index (κ3) is 3.57. The topological polar surface area (TPSA) is 45.0 Å². The zero-order chi connectivity index (χ0) is 15.6. The van der Waals surface area contributed by atoms with Crippen molar-refractivity contribution in [2.45, 2.75) is 71.6 Å². The first-order chi connectivity index (χ1) is 9.85. The van der Waals surface area contributed by atoms with E-state index in [0.29, 0.717) is 6.04 Å². The van der Waals surface area contributed by atoms with Gasteiger partial charge in [-0.25, -0.2) is 0 Å². The molecule has 1 aromatic rings. The summed E-state index contributed by atoms with van der Waals surface area (Å²) in [5.74, 6) is 0.968. The first-order valence-electron chi connectivity index (χ1n) is 7.79. The van der Waals surface area contributed by atoms with E-state index in [-0.39, 0.29) is 6.10 Å². The Morgan fingerprint density at radius 1 is 1.33 bits per heavy atom. The molecule has 0 radical (unpaired) electrons. The standard InChI is InChI=1S/C18H26N2O/c1-12(2)20-18(11-19)7-6-16(10-18)21-17-9-13(3)8-14(4)15(17)5/h8-9,12,16,20H,6-7,10H2,1-5H3. The second-order valence-corrected chi connectivity index (χ2v) is 6.68. The largest absolute Gasteiger partial charge is 0.490 e. The number of aryl methyl sites for hydroxylation is 2. The molecular weight excluding hydrogens is 260 g/mol. The quantitative estimate of drug-likeness (QED) is 0.915. The van der Waals surface area contributed by atoms with Crippen LogP contribution in [-0.4, -0.2) is 17.7 Å². The van der Waals surface area contributed by atoms with Crippen LogP contribution in [0.4, 0.5) is 0 Å². The Morgan fingerprint density at radius 2 is 2.05 bits per heavy atom. The van der Waals surface area contributed by atoms with Gasteiger partial charge < -0.3 is 4.74 Å². The monoisotopic (exact) mass is 286 g/mol. The summed E-state index contributed by atoms with van der Waals surface area (Å²) in [6.07, 6.45) is 2.67. The van der Waals surface area contributed by atoms with E-state index in [9.17, 15) is 5.26 Å². The van der Waals surface area contributed by atoms with Gasteiger partial charge >= 0.3 is 0 Å². The van der Waals surface area contributed by atoms with Crippen molar-refractivity contribution in [3.05, 3.63) is 28.8 Å². The fourth-order valence-electron chi connectivity index (χ4n) is 3.22. The number of rotatable bonds is 4. The van der Waals surface area contributed by atoms with Crippen LogP contribution in [0, 0.1) is 32.1 Å². The zero-order valence-electron chi connectivity index (χ0n) is 13.8. The number of nitriles is 1. The summed E-state index contributed by atoms with van der Waals surface area (Å²) in [5.41, 5.74) is 3.26. The van der Waals surface area contributed by atoms with Gasteiger partial charge in [0, 0.05) is 12.5 Å². The summed E-state index contributed by atoms with van der Waals surface area (Å²) < 4.78 is 6.22. The molecule has 0 bridgehead atoms. The van der Waals surface area contributed by atoms with Crippen LogP contribution in [0.5, 0.6) is 5.75 Å². The molecule has 1 fully saturated rings. The van der Waals surface area contributed by atoms with Gasteiger partial charge in [0.25, 0.3) is 0 Å². The van der Waals surface area contributed by atoms with Crippen molar-refractivity contribution >= 4 is 0 Å². The van der Waals surface area contributed by atoms with Gasteiger partial charge in [-0.05, 0) is 70.2 Å². The Morgan fingerprint density at radius 3 is 2.67 bits per heavy atom. The fraction of sp³-hybridized carbons (Fsp3) is 0.611. The van der Waals surface area contributed by atoms with Crippen LogP contribution in [-0.2, 0) is 0 Å². The van der Waals surface area contributed by atoms with E-state index in [1.807, 2.05) is 0 Å². The van der Waals surface area contributed by atoms with Crippen molar-refractivity contribution in [3.63, 3.8) is 0 Å². The molecule has 3 heteroatoms. The fourth-order valence-corrected chi connectivity index (χ4v) is 3.22. The summed E-state index contributed by atoms with van der Waals surface area (Å²) in [6.45, 7) is 10.5. The van der Waals surface area contributed by atoms with Gasteiger partial charge in [-0.3, -0.25) is 5.32 Å². The van der Waals surface area contributed by atoms with Gasteiger partial charge in [0.05, 0.1) is 6.07 Å². The lowest BCUT2D eigenvalue weighted by atomic mass is 9.98. The Bertz CT molecular complexity index is 559. The number of benzene rings is 1. The summed E-state index contributed by atoms with van der Waals surface area (Å²) in [7, 11) is 0. The van der Waals surface area contributed by atoms with Crippen LogP contribution in [0.25, 0.3) is 0 Å². The minimum absolute atomic E-state index is 0.121. The van der Waals surface area contributed by atoms with Gasteiger partial charge in [0.2, 0.25) is 0 Å². The third-order valence-electron chi connectivity index (χ3n) is 4.31. The molecule has 1 aliphatic rings. The van der Waals surface area contributed by atoms with E-state index in [1.54, 1.807) is 0 Å². The van der Waals surface area contributed by atoms with Gasteiger partial charge in [0.1, 0.15) is 17.4 Å². The SMILES string of the molecule is Cc1cc(C)c(C)c(OC2CCC(C#N)(NC(C)C)C2)c1. The summed E-state index contributed by atoms with van der Waals surface area (Å²) in [5, 5.41) is 12.9. The van der Waals surface area contributed by atoms with Gasteiger partial charge in [0.15, 0.2) is 0 Å². The van der Waals surface area contributed by atoms with Crippen LogP contribution >= 0.6 is 0 Å². The molecule has 2 rings (SSSR count). The Balaban J connectivity index is 2.11. The molecule has 1 N–H and O–H groups in total. The molecule has 1 saturated carbocycles. The molecule has 0 aliphatic heterocycles. The lowest BCUT2D eigenvalue weighted by molar-refractivity contribution is 0.198. The van der Waals surface area contributed by atoms with Crippen LogP contribution in [0.1, 0.15) is 49.8 Å². The van der Waals surface area contributed by atoms with Gasteiger partial charge in [-0.15, -0.1) is 0 Å². The van der Waals surface area contributed by atoms with Crippen LogP contribution < -0.4 is 10.1 Å². The van der Waals surface area contributed by atoms with E-state index < -0.39 is 5.54 Å². The minimum Gasteiger partial charge on any atom is -0.490 e. The number of nitrogens with zero attached hydrogens (tertiary/aromatic N) is 1. The van der Waals surface area contributed by atoms with E-state index in [4.69, 9.17) is 4.74 Å². The van der Waals surface area contributed by atoms with E-state index in [1.165, 1.54) is 16.7 Å². The average Bonchev–Trinajstić information content (AvgIpc) is 2.78. The maximum Gasteiger partial charge on any atom is 0.123 e. The summed E-state index contributed by atoms with van der Waals surface area (Å²) in [4.78, 5) is 0. The maximum atomic E-state index is 9.52. The predicted molar refractivity (Wildman–Crippen MR) is 85.5 cm³/mol. The molecular formula is C18H26N2O. The molecule has 21 heavy (non-hydrogen) atoms. The minimum atomic E-state index is -0.425. The molecule has 2 unspecified atom stereocenters. The Kier molecular flexibility index (Phi) is 4.58. The van der Waals surface area contributed by atoms with E-state index in [2.05, 4.69) is 58.1 Å². The first-order valence-corrected chi connectivity index (χ1v) is 7.79. The third-order valence-corrected chi connectivity index (χ3v) is 4.31. The highest BCUT2D eigenvalue weighted by atomic mass is 16.5. The molecule has 114 valence electrons. The summed E-state index contributed by atoms with van der Waals surface area (Å²) >= 11 is 0. The van der Waals surface area contributed by atoms with E-state index >= 15 is 0 Å². The van der Waals surface area contributed by atoms with Crippen molar-refractivity contribution in [1.82, 2.24) is 5.32 Å². The van der Waals surface area contributed by atoms with Crippen LogP contribution in [0.3, 0.4) is 0 Å². The number of hydrogen-bond donors (Lipinski definition) is 1. The summed E-state index contributed by atoms with van der Waals surface area (Å²) in [6, 6.07) is 7.06. The lowest BCUT2D eigenvalue weighted by Crippen LogP contribution is -2.46.